The fourth-order valence-electron chi connectivity index (χ4n) is 3.37. The van der Waals surface area contributed by atoms with Gasteiger partial charge in [-0.1, -0.05) is 61.3 Å². The number of carbonyl (C=O) groups is 2. The SMILES string of the molecule is CC(C)CC(NC(=O)c1ccc(Cl)cc1Cl)C(=O)NCc1ccccc1Cn1cccn1. The minimum atomic E-state index is -0.687. The third-order valence-electron chi connectivity index (χ3n) is 4.97. The van der Waals surface area contributed by atoms with Crippen molar-refractivity contribution in [3.8, 4) is 0 Å². The number of rotatable bonds is 9. The van der Waals surface area contributed by atoms with Gasteiger partial charge in [-0.15, -0.1) is 0 Å². The van der Waals surface area contributed by atoms with E-state index in [0.29, 0.717) is 24.5 Å². The molecule has 1 unspecified atom stereocenters. The Bertz CT molecular complexity index is 1070. The summed E-state index contributed by atoms with van der Waals surface area (Å²) in [6, 6.07) is 13.7. The van der Waals surface area contributed by atoms with Crippen LogP contribution in [0.4, 0.5) is 0 Å². The van der Waals surface area contributed by atoms with E-state index in [-0.39, 0.29) is 22.4 Å². The first kappa shape index (κ1) is 23.8. The summed E-state index contributed by atoms with van der Waals surface area (Å²) in [5.74, 6) is -0.448. The lowest BCUT2D eigenvalue weighted by Crippen LogP contribution is -2.47. The summed E-state index contributed by atoms with van der Waals surface area (Å²) >= 11 is 12.1. The van der Waals surface area contributed by atoms with Crippen LogP contribution in [0.25, 0.3) is 0 Å². The van der Waals surface area contributed by atoms with E-state index in [1.807, 2.05) is 55.1 Å². The number of hydrogen-bond donors (Lipinski definition) is 2. The van der Waals surface area contributed by atoms with Crippen LogP contribution < -0.4 is 10.6 Å². The molecule has 1 aromatic heterocycles. The number of nitrogens with one attached hydrogen (secondary N) is 2. The second-order valence-electron chi connectivity index (χ2n) is 7.97. The van der Waals surface area contributed by atoms with Crippen LogP contribution in [-0.2, 0) is 17.9 Å². The third kappa shape index (κ3) is 6.58. The Balaban J connectivity index is 1.68. The lowest BCUT2D eigenvalue weighted by atomic mass is 10.0. The molecule has 0 saturated carbocycles. The van der Waals surface area contributed by atoms with Gasteiger partial charge in [0.15, 0.2) is 0 Å². The number of halogens is 2. The molecule has 2 aromatic carbocycles. The maximum atomic E-state index is 13.0. The molecule has 2 amide bonds. The highest BCUT2D eigenvalue weighted by Crippen LogP contribution is 2.21. The van der Waals surface area contributed by atoms with E-state index in [1.165, 1.54) is 6.07 Å². The smallest absolute Gasteiger partial charge is 0.253 e. The highest BCUT2D eigenvalue weighted by atomic mass is 35.5. The van der Waals surface area contributed by atoms with Crippen LogP contribution in [0.2, 0.25) is 10.0 Å². The first-order valence-electron chi connectivity index (χ1n) is 10.4. The molecule has 0 spiro atoms. The molecule has 3 aromatic rings. The van der Waals surface area contributed by atoms with E-state index >= 15 is 0 Å². The van der Waals surface area contributed by atoms with Gasteiger partial charge in [-0.05, 0) is 47.7 Å². The van der Waals surface area contributed by atoms with Crippen molar-refractivity contribution in [3.05, 3.63) is 87.7 Å². The first-order valence-corrected chi connectivity index (χ1v) is 11.2. The Labute approximate surface area is 197 Å². The predicted molar refractivity (Wildman–Crippen MR) is 127 cm³/mol. The Morgan fingerprint density at radius 1 is 1.06 bits per heavy atom. The minimum Gasteiger partial charge on any atom is -0.350 e. The molecule has 3 rings (SSSR count). The van der Waals surface area contributed by atoms with Crippen LogP contribution in [0.3, 0.4) is 0 Å². The van der Waals surface area contributed by atoms with Gasteiger partial charge in [0, 0.05) is 24.0 Å². The van der Waals surface area contributed by atoms with Gasteiger partial charge in [0.2, 0.25) is 5.91 Å². The second-order valence-corrected chi connectivity index (χ2v) is 8.81. The molecular weight excluding hydrogens is 447 g/mol. The molecule has 0 saturated heterocycles. The van der Waals surface area contributed by atoms with Crippen LogP contribution in [0.15, 0.2) is 60.9 Å². The zero-order chi connectivity index (χ0) is 23.1. The summed E-state index contributed by atoms with van der Waals surface area (Å²) in [7, 11) is 0. The average molecular weight is 473 g/mol. The van der Waals surface area contributed by atoms with Crippen molar-refractivity contribution in [2.75, 3.05) is 0 Å². The van der Waals surface area contributed by atoms with Gasteiger partial charge < -0.3 is 10.6 Å². The van der Waals surface area contributed by atoms with Crippen molar-refractivity contribution < 1.29 is 9.59 Å². The number of hydrogen-bond acceptors (Lipinski definition) is 3. The fraction of sp³-hybridized carbons (Fsp3) is 0.292. The number of amides is 2. The van der Waals surface area contributed by atoms with Gasteiger partial charge in [-0.2, -0.15) is 5.10 Å². The van der Waals surface area contributed by atoms with Crippen LogP contribution in [-0.4, -0.2) is 27.6 Å². The fourth-order valence-corrected chi connectivity index (χ4v) is 3.87. The third-order valence-corrected chi connectivity index (χ3v) is 5.52. The topological polar surface area (TPSA) is 76.0 Å². The van der Waals surface area contributed by atoms with Crippen molar-refractivity contribution in [3.63, 3.8) is 0 Å². The Kier molecular flexibility index (Phi) is 8.31. The summed E-state index contributed by atoms with van der Waals surface area (Å²) in [6.07, 6.45) is 4.12. The summed E-state index contributed by atoms with van der Waals surface area (Å²) in [5.41, 5.74) is 2.34. The van der Waals surface area contributed by atoms with Gasteiger partial charge in [0.1, 0.15) is 6.04 Å². The molecular formula is C24H26Cl2N4O2. The molecule has 6 nitrogen and oxygen atoms in total. The summed E-state index contributed by atoms with van der Waals surface area (Å²) in [5, 5.41) is 10.7. The van der Waals surface area contributed by atoms with Gasteiger partial charge >= 0.3 is 0 Å². The number of carbonyl (C=O) groups excluding carboxylic acids is 2. The molecule has 0 aliphatic carbocycles. The Morgan fingerprint density at radius 2 is 1.81 bits per heavy atom. The van der Waals surface area contributed by atoms with E-state index in [9.17, 15) is 9.59 Å². The Morgan fingerprint density at radius 3 is 2.47 bits per heavy atom. The highest BCUT2D eigenvalue weighted by Gasteiger charge is 2.23. The normalized spacial score (nSPS) is 11.9. The summed E-state index contributed by atoms with van der Waals surface area (Å²) < 4.78 is 1.83. The van der Waals surface area contributed by atoms with Crippen molar-refractivity contribution >= 4 is 35.0 Å². The molecule has 0 bridgehead atoms. The van der Waals surface area contributed by atoms with Crippen LogP contribution in [0, 0.1) is 5.92 Å². The first-order chi connectivity index (χ1) is 15.3. The number of aromatic nitrogens is 2. The molecule has 0 radical (unpaired) electrons. The average Bonchev–Trinajstić information content (AvgIpc) is 3.25. The lowest BCUT2D eigenvalue weighted by Gasteiger charge is -2.21. The van der Waals surface area contributed by atoms with Gasteiger partial charge in [-0.25, -0.2) is 0 Å². The molecule has 1 heterocycles. The van der Waals surface area contributed by atoms with Gasteiger partial charge in [0.25, 0.3) is 5.91 Å². The molecule has 0 aliphatic heterocycles. The molecule has 0 aliphatic rings. The van der Waals surface area contributed by atoms with Gasteiger partial charge in [0.05, 0.1) is 17.1 Å². The zero-order valence-electron chi connectivity index (χ0n) is 18.0. The molecule has 8 heteroatoms. The van der Waals surface area contributed by atoms with Crippen molar-refractivity contribution in [2.24, 2.45) is 5.92 Å². The van der Waals surface area contributed by atoms with Gasteiger partial charge in [-0.3, -0.25) is 14.3 Å². The van der Waals surface area contributed by atoms with Crippen molar-refractivity contribution in [1.29, 1.82) is 0 Å². The molecule has 0 fully saturated rings. The van der Waals surface area contributed by atoms with E-state index in [2.05, 4.69) is 15.7 Å². The molecule has 32 heavy (non-hydrogen) atoms. The molecule has 2 N–H and O–H groups in total. The minimum absolute atomic E-state index is 0.207. The van der Waals surface area contributed by atoms with Crippen molar-refractivity contribution in [2.45, 2.75) is 39.4 Å². The molecule has 168 valence electrons. The van der Waals surface area contributed by atoms with Crippen LogP contribution in [0.1, 0.15) is 41.8 Å². The largest absolute Gasteiger partial charge is 0.350 e. The van der Waals surface area contributed by atoms with Crippen LogP contribution >= 0.6 is 23.2 Å². The second kappa shape index (κ2) is 11.2. The zero-order valence-corrected chi connectivity index (χ0v) is 19.5. The number of benzene rings is 2. The number of nitrogens with zero attached hydrogens (tertiary/aromatic N) is 2. The van der Waals surface area contributed by atoms with Crippen molar-refractivity contribution in [1.82, 2.24) is 20.4 Å². The van der Waals surface area contributed by atoms with E-state index in [4.69, 9.17) is 23.2 Å². The maximum absolute atomic E-state index is 13.0. The standard InChI is InChI=1S/C24H26Cl2N4O2/c1-16(2)12-22(29-23(31)20-9-8-19(25)13-21(20)26)24(32)27-14-17-6-3-4-7-18(17)15-30-11-5-10-28-30/h3-11,13,16,22H,12,14-15H2,1-2H3,(H,27,32)(H,29,31). The summed E-state index contributed by atoms with van der Waals surface area (Å²) in [4.78, 5) is 25.7. The maximum Gasteiger partial charge on any atom is 0.253 e. The lowest BCUT2D eigenvalue weighted by molar-refractivity contribution is -0.123. The van der Waals surface area contributed by atoms with E-state index in [1.54, 1.807) is 18.3 Å². The monoisotopic (exact) mass is 472 g/mol. The Hall–Kier alpha value is -2.83. The van der Waals surface area contributed by atoms with E-state index < -0.39 is 11.9 Å². The quantitative estimate of drug-likeness (QED) is 0.473. The molecule has 1 atom stereocenters. The summed E-state index contributed by atoms with van der Waals surface area (Å²) in [6.45, 7) is 4.96. The predicted octanol–water partition coefficient (Wildman–Crippen LogP) is 4.70. The highest BCUT2D eigenvalue weighted by molar-refractivity contribution is 6.36. The van der Waals surface area contributed by atoms with Crippen LogP contribution in [0.5, 0.6) is 0 Å². The van der Waals surface area contributed by atoms with E-state index in [0.717, 1.165) is 11.1 Å².